The number of nitrogens with zero attached hydrogens (tertiary/aromatic N) is 1. The van der Waals surface area contributed by atoms with Crippen molar-refractivity contribution in [1.82, 2.24) is 4.90 Å². The number of carbonyl (C=O) groups is 1. The maximum atomic E-state index is 13.9. The van der Waals surface area contributed by atoms with Crippen LogP contribution in [-0.4, -0.2) is 24.1 Å². The summed E-state index contributed by atoms with van der Waals surface area (Å²) in [6, 6.07) is 12.8. The van der Waals surface area contributed by atoms with Crippen molar-refractivity contribution in [1.29, 1.82) is 0 Å². The molecule has 0 radical (unpaired) electrons. The Bertz CT molecular complexity index is 691. The lowest BCUT2D eigenvalue weighted by molar-refractivity contribution is 0.0156. The molecule has 0 bridgehead atoms. The molecule has 2 aromatic carbocycles. The van der Waals surface area contributed by atoms with Crippen LogP contribution in [0.5, 0.6) is 0 Å². The van der Waals surface area contributed by atoms with E-state index in [1.54, 1.807) is 11.0 Å². The van der Waals surface area contributed by atoms with E-state index in [0.717, 1.165) is 5.56 Å². The van der Waals surface area contributed by atoms with Gasteiger partial charge in [0.15, 0.2) is 0 Å². The average Bonchev–Trinajstić information content (AvgIpc) is 2.51. The number of ether oxygens (including phenoxy) is 1. The maximum Gasteiger partial charge on any atom is 0.256 e. The minimum atomic E-state index is -0.331. The third kappa shape index (κ3) is 3.20. The van der Waals surface area contributed by atoms with Crippen molar-refractivity contribution in [3.8, 4) is 0 Å². The largest absolute Gasteiger partial charge is 0.356 e. The first kappa shape index (κ1) is 15.2. The third-order valence-corrected chi connectivity index (χ3v) is 4.13. The first-order valence-electron chi connectivity index (χ1n) is 7.04. The van der Waals surface area contributed by atoms with Crippen LogP contribution in [0.15, 0.2) is 46.9 Å². The van der Waals surface area contributed by atoms with Crippen LogP contribution in [0, 0.1) is 5.82 Å². The van der Waals surface area contributed by atoms with Crippen LogP contribution in [0.3, 0.4) is 0 Å². The highest BCUT2D eigenvalue weighted by Gasteiger charge is 2.27. The summed E-state index contributed by atoms with van der Waals surface area (Å²) in [5, 5.41) is 0. The lowest BCUT2D eigenvalue weighted by Crippen LogP contribution is -2.39. The fourth-order valence-corrected chi connectivity index (χ4v) is 2.97. The number of carbonyl (C=O) groups excluding carboxylic acids is 1. The van der Waals surface area contributed by atoms with E-state index in [1.807, 2.05) is 30.3 Å². The molecule has 3 nitrogen and oxygen atoms in total. The molecule has 0 N–H and O–H groups in total. The Morgan fingerprint density at radius 3 is 2.77 bits per heavy atom. The quantitative estimate of drug-likeness (QED) is 0.827. The summed E-state index contributed by atoms with van der Waals surface area (Å²) in [5.41, 5.74) is 1.97. The fourth-order valence-electron chi connectivity index (χ4n) is 2.54. The van der Waals surface area contributed by atoms with Gasteiger partial charge in [0, 0.05) is 22.1 Å². The van der Waals surface area contributed by atoms with Crippen LogP contribution in [-0.2, 0) is 17.8 Å². The van der Waals surface area contributed by atoms with Gasteiger partial charge in [-0.25, -0.2) is 4.39 Å². The second kappa shape index (κ2) is 6.58. The number of amides is 1. The molecule has 1 aliphatic rings. The summed E-state index contributed by atoms with van der Waals surface area (Å²) in [6.45, 7) is 1.13. The van der Waals surface area contributed by atoms with Crippen LogP contribution in [0.25, 0.3) is 0 Å². The van der Waals surface area contributed by atoms with E-state index in [2.05, 4.69) is 15.9 Å². The summed E-state index contributed by atoms with van der Waals surface area (Å²) in [7, 11) is 0. The van der Waals surface area contributed by atoms with Crippen LogP contribution < -0.4 is 0 Å². The highest BCUT2D eigenvalue weighted by atomic mass is 79.9. The standard InChI is InChI=1S/C17H15BrFNO2/c18-13-8-15-14(16(19)9-13)6-7-20(17(15)21)11-22-10-12-4-2-1-3-5-12/h1-5,8-9H,6-7,10-11H2. The summed E-state index contributed by atoms with van der Waals surface area (Å²) in [5.74, 6) is -0.517. The second-order valence-electron chi connectivity index (χ2n) is 5.20. The fraction of sp³-hybridized carbons (Fsp3) is 0.235. The molecule has 0 fully saturated rings. The zero-order valence-electron chi connectivity index (χ0n) is 11.9. The smallest absolute Gasteiger partial charge is 0.256 e. The minimum Gasteiger partial charge on any atom is -0.356 e. The highest BCUT2D eigenvalue weighted by molar-refractivity contribution is 9.10. The van der Waals surface area contributed by atoms with Gasteiger partial charge in [-0.2, -0.15) is 0 Å². The van der Waals surface area contributed by atoms with Crippen LogP contribution in [0.4, 0.5) is 4.39 Å². The molecule has 1 amide bonds. The number of hydrogen-bond donors (Lipinski definition) is 0. The molecule has 114 valence electrons. The summed E-state index contributed by atoms with van der Waals surface area (Å²) >= 11 is 3.23. The van der Waals surface area contributed by atoms with E-state index in [-0.39, 0.29) is 18.5 Å². The Labute approximate surface area is 136 Å². The van der Waals surface area contributed by atoms with E-state index >= 15 is 0 Å². The first-order valence-corrected chi connectivity index (χ1v) is 7.83. The minimum absolute atomic E-state index is 0.186. The van der Waals surface area contributed by atoms with Crippen molar-refractivity contribution in [3.63, 3.8) is 0 Å². The van der Waals surface area contributed by atoms with Gasteiger partial charge in [-0.15, -0.1) is 0 Å². The zero-order valence-corrected chi connectivity index (χ0v) is 13.5. The van der Waals surface area contributed by atoms with Gasteiger partial charge in [-0.3, -0.25) is 4.79 Å². The molecule has 0 spiro atoms. The van der Waals surface area contributed by atoms with Crippen molar-refractivity contribution in [2.24, 2.45) is 0 Å². The van der Waals surface area contributed by atoms with Crippen LogP contribution in [0.1, 0.15) is 21.5 Å². The normalized spacial score (nSPS) is 14.1. The Kier molecular flexibility index (Phi) is 4.55. The van der Waals surface area contributed by atoms with E-state index < -0.39 is 0 Å². The maximum absolute atomic E-state index is 13.9. The van der Waals surface area contributed by atoms with Crippen molar-refractivity contribution < 1.29 is 13.9 Å². The van der Waals surface area contributed by atoms with Crippen molar-refractivity contribution >= 4 is 21.8 Å². The molecule has 22 heavy (non-hydrogen) atoms. The average molecular weight is 364 g/mol. The third-order valence-electron chi connectivity index (χ3n) is 3.67. The van der Waals surface area contributed by atoms with Gasteiger partial charge in [-0.05, 0) is 24.1 Å². The van der Waals surface area contributed by atoms with E-state index in [0.29, 0.717) is 35.2 Å². The van der Waals surface area contributed by atoms with Crippen molar-refractivity contribution in [2.45, 2.75) is 13.0 Å². The first-order chi connectivity index (χ1) is 10.6. The molecule has 0 saturated carbocycles. The van der Waals surface area contributed by atoms with Gasteiger partial charge >= 0.3 is 0 Å². The van der Waals surface area contributed by atoms with E-state index in [4.69, 9.17) is 4.74 Å². The Balaban J connectivity index is 1.66. The van der Waals surface area contributed by atoms with Gasteiger partial charge in [0.05, 0.1) is 6.61 Å². The Morgan fingerprint density at radius 2 is 2.00 bits per heavy atom. The molecule has 0 atom stereocenters. The van der Waals surface area contributed by atoms with Gasteiger partial charge < -0.3 is 9.64 Å². The summed E-state index contributed by atoms with van der Waals surface area (Å²) < 4.78 is 20.1. The second-order valence-corrected chi connectivity index (χ2v) is 6.11. The number of hydrogen-bond acceptors (Lipinski definition) is 2. The summed E-state index contributed by atoms with van der Waals surface area (Å²) in [4.78, 5) is 14.0. The van der Waals surface area contributed by atoms with E-state index in [1.165, 1.54) is 6.07 Å². The highest BCUT2D eigenvalue weighted by Crippen LogP contribution is 2.26. The van der Waals surface area contributed by atoms with Gasteiger partial charge in [0.2, 0.25) is 0 Å². The number of rotatable bonds is 4. The molecule has 2 aromatic rings. The van der Waals surface area contributed by atoms with Crippen LogP contribution in [0.2, 0.25) is 0 Å². The van der Waals surface area contributed by atoms with Crippen LogP contribution >= 0.6 is 15.9 Å². The molecule has 0 aromatic heterocycles. The molecule has 1 aliphatic heterocycles. The number of fused-ring (bicyclic) bond motifs is 1. The van der Waals surface area contributed by atoms with Gasteiger partial charge in [0.1, 0.15) is 12.5 Å². The molecule has 3 rings (SSSR count). The van der Waals surface area contributed by atoms with E-state index in [9.17, 15) is 9.18 Å². The van der Waals surface area contributed by atoms with Gasteiger partial charge in [0.25, 0.3) is 5.91 Å². The van der Waals surface area contributed by atoms with Gasteiger partial charge in [-0.1, -0.05) is 46.3 Å². The van der Waals surface area contributed by atoms with Crippen molar-refractivity contribution in [3.05, 3.63) is 69.4 Å². The topological polar surface area (TPSA) is 29.5 Å². The number of benzene rings is 2. The molecular formula is C17H15BrFNO2. The molecule has 0 unspecified atom stereocenters. The predicted octanol–water partition coefficient (Wildman–Crippen LogP) is 3.76. The Hall–Kier alpha value is -1.72. The van der Waals surface area contributed by atoms with Crippen molar-refractivity contribution in [2.75, 3.05) is 13.3 Å². The predicted molar refractivity (Wildman–Crippen MR) is 84.9 cm³/mol. The Morgan fingerprint density at radius 1 is 1.23 bits per heavy atom. The lowest BCUT2D eigenvalue weighted by atomic mass is 9.99. The molecule has 5 heteroatoms. The monoisotopic (exact) mass is 363 g/mol. The lowest BCUT2D eigenvalue weighted by Gasteiger charge is -2.28. The molecule has 0 saturated heterocycles. The SMILES string of the molecule is O=C1c2cc(Br)cc(F)c2CCN1COCc1ccccc1. The molecule has 1 heterocycles. The number of halogens is 2. The summed E-state index contributed by atoms with van der Waals surface area (Å²) in [6.07, 6.45) is 0.509. The molecule has 0 aliphatic carbocycles. The zero-order chi connectivity index (χ0) is 15.5. The molecular weight excluding hydrogens is 349 g/mol.